The van der Waals surface area contributed by atoms with Crippen molar-refractivity contribution in [1.29, 1.82) is 0 Å². The number of rotatable bonds is 1. The molecule has 0 spiro atoms. The maximum atomic E-state index is 11.1. The minimum absolute atomic E-state index is 0.398. The lowest BCUT2D eigenvalue weighted by atomic mass is 10.2. The number of imidazole rings is 1. The first-order valence-corrected chi connectivity index (χ1v) is 3.71. The molecule has 2 rings (SSSR count). The van der Waals surface area contributed by atoms with Crippen LogP contribution in [0.5, 0.6) is 5.75 Å². The molecule has 5 nitrogen and oxygen atoms in total. The van der Waals surface area contributed by atoms with Gasteiger partial charge in [-0.25, -0.2) is 4.98 Å². The van der Waals surface area contributed by atoms with Crippen molar-refractivity contribution >= 4 is 16.7 Å². The minimum atomic E-state index is 0.398. The summed E-state index contributed by atoms with van der Waals surface area (Å²) in [5.41, 5.74) is 7.04. The normalized spacial score (nSPS) is 10.5. The van der Waals surface area contributed by atoms with Crippen LogP contribution in [0.3, 0.4) is 0 Å². The number of nitrogens with two attached hydrogens (primary N) is 1. The highest BCUT2D eigenvalue weighted by atomic mass is 16.5. The summed E-state index contributed by atoms with van der Waals surface area (Å²) >= 11 is 0. The first-order valence-electron chi connectivity index (χ1n) is 3.71. The third-order valence-electron chi connectivity index (χ3n) is 1.90. The van der Waals surface area contributed by atoms with Crippen molar-refractivity contribution in [3.8, 4) is 5.75 Å². The van der Waals surface area contributed by atoms with Gasteiger partial charge in [0, 0.05) is 0 Å². The molecule has 0 bridgehead atoms. The van der Waals surface area contributed by atoms with Crippen LogP contribution in [-0.2, 0) is 0 Å². The molecule has 0 aliphatic carbocycles. The largest absolute Gasteiger partial charge is 0.805 e. The van der Waals surface area contributed by atoms with Crippen LogP contribution in [0.15, 0.2) is 18.5 Å². The number of nitrogens with zero attached hydrogens (tertiary/aromatic N) is 2. The Kier molecular flexibility index (Phi) is 1.51. The molecule has 0 aliphatic rings. The maximum Gasteiger partial charge on any atom is 0.144 e. The standard InChI is InChI=1S/C8H8N3O2/c1-13-6-3-2-5-8(7(6)9)10-4-11(5)12/h2-4H,9H2,1H3/q-1. The Balaban J connectivity index is 2.80. The highest BCUT2D eigenvalue weighted by Gasteiger charge is 2.06. The highest BCUT2D eigenvalue weighted by Crippen LogP contribution is 2.28. The van der Waals surface area contributed by atoms with Crippen molar-refractivity contribution in [2.45, 2.75) is 0 Å². The van der Waals surface area contributed by atoms with E-state index in [-0.39, 0.29) is 0 Å². The number of fused-ring (bicyclic) bond motifs is 1. The number of methoxy groups -OCH3 is 1. The average Bonchev–Trinajstić information content (AvgIpc) is 2.50. The van der Waals surface area contributed by atoms with Crippen molar-refractivity contribution in [2.75, 3.05) is 12.8 Å². The first kappa shape index (κ1) is 7.72. The fraction of sp³-hybridized carbons (Fsp3) is 0.125. The van der Waals surface area contributed by atoms with Gasteiger partial charge in [-0.1, -0.05) is 0 Å². The zero-order valence-electron chi connectivity index (χ0n) is 7.02. The van der Waals surface area contributed by atoms with E-state index >= 15 is 0 Å². The molecule has 1 aromatic heterocycles. The lowest BCUT2D eigenvalue weighted by Crippen LogP contribution is -1.93. The molecule has 0 saturated heterocycles. The zero-order valence-corrected chi connectivity index (χ0v) is 7.02. The summed E-state index contributed by atoms with van der Waals surface area (Å²) < 4.78 is 5.66. The van der Waals surface area contributed by atoms with Crippen molar-refractivity contribution in [3.63, 3.8) is 0 Å². The van der Waals surface area contributed by atoms with Gasteiger partial charge in [-0.15, -0.1) is 0 Å². The third kappa shape index (κ3) is 0.970. The van der Waals surface area contributed by atoms with E-state index in [0.29, 0.717) is 27.2 Å². The van der Waals surface area contributed by atoms with Gasteiger partial charge in [0.25, 0.3) is 0 Å². The van der Waals surface area contributed by atoms with Crippen LogP contribution in [0.2, 0.25) is 0 Å². The van der Waals surface area contributed by atoms with Crippen LogP contribution in [0.25, 0.3) is 11.0 Å². The Labute approximate surface area is 74.3 Å². The maximum absolute atomic E-state index is 11.1. The Morgan fingerprint density at radius 2 is 2.31 bits per heavy atom. The molecule has 0 radical (unpaired) electrons. The Morgan fingerprint density at radius 1 is 1.54 bits per heavy atom. The van der Waals surface area contributed by atoms with Crippen molar-refractivity contribution in [1.82, 2.24) is 9.71 Å². The van der Waals surface area contributed by atoms with Gasteiger partial charge in [0.1, 0.15) is 17.0 Å². The summed E-state index contributed by atoms with van der Waals surface area (Å²) in [5, 5.41) is 11.1. The van der Waals surface area contributed by atoms with Gasteiger partial charge in [-0.3, -0.25) is 0 Å². The third-order valence-corrected chi connectivity index (χ3v) is 1.90. The molecule has 2 aromatic rings. The monoisotopic (exact) mass is 178 g/mol. The van der Waals surface area contributed by atoms with E-state index in [1.165, 1.54) is 13.4 Å². The molecule has 0 aliphatic heterocycles. The second-order valence-corrected chi connectivity index (χ2v) is 2.62. The SMILES string of the molecule is COc1ccc2c(ncn2[O-])c1N. The van der Waals surface area contributed by atoms with Gasteiger partial charge in [0.2, 0.25) is 0 Å². The Morgan fingerprint density at radius 3 is 3.00 bits per heavy atom. The highest BCUT2D eigenvalue weighted by molar-refractivity contribution is 5.90. The molecule has 0 amide bonds. The molecule has 0 fully saturated rings. The molecule has 68 valence electrons. The summed E-state index contributed by atoms with van der Waals surface area (Å²) in [7, 11) is 1.52. The minimum Gasteiger partial charge on any atom is -0.805 e. The fourth-order valence-corrected chi connectivity index (χ4v) is 1.24. The van der Waals surface area contributed by atoms with Crippen LogP contribution in [0.4, 0.5) is 5.69 Å². The molecule has 0 unspecified atom stereocenters. The van der Waals surface area contributed by atoms with Gasteiger partial charge >= 0.3 is 0 Å². The number of benzene rings is 1. The van der Waals surface area contributed by atoms with Crippen molar-refractivity contribution in [3.05, 3.63) is 23.7 Å². The van der Waals surface area contributed by atoms with E-state index < -0.39 is 0 Å². The number of hydrogen-bond acceptors (Lipinski definition) is 4. The fourth-order valence-electron chi connectivity index (χ4n) is 1.24. The number of nitrogen functional groups attached to an aromatic ring is 1. The van der Waals surface area contributed by atoms with Crippen LogP contribution < -0.4 is 10.5 Å². The number of ether oxygens (including phenoxy) is 1. The summed E-state index contributed by atoms with van der Waals surface area (Å²) in [4.78, 5) is 3.87. The molecule has 5 heteroatoms. The van der Waals surface area contributed by atoms with E-state index in [9.17, 15) is 5.21 Å². The summed E-state index contributed by atoms with van der Waals surface area (Å²) in [6.07, 6.45) is 1.18. The lowest BCUT2D eigenvalue weighted by molar-refractivity contribution is 0.417. The number of anilines is 1. The lowest BCUT2D eigenvalue weighted by Gasteiger charge is -2.08. The quantitative estimate of drug-likeness (QED) is 0.660. The predicted octanol–water partition coefficient (Wildman–Crippen LogP) is 0.973. The zero-order chi connectivity index (χ0) is 9.42. The summed E-state index contributed by atoms with van der Waals surface area (Å²) in [5.74, 6) is 0.534. The van der Waals surface area contributed by atoms with Crippen LogP contribution in [0.1, 0.15) is 0 Å². The molecule has 1 heterocycles. The molecule has 13 heavy (non-hydrogen) atoms. The van der Waals surface area contributed by atoms with E-state index in [0.717, 1.165) is 0 Å². The Hall–Kier alpha value is -1.91. The van der Waals surface area contributed by atoms with E-state index in [2.05, 4.69) is 4.98 Å². The first-order chi connectivity index (χ1) is 6.24. The summed E-state index contributed by atoms with van der Waals surface area (Å²) in [6.45, 7) is 0. The number of hydrogen-bond donors (Lipinski definition) is 1. The van der Waals surface area contributed by atoms with Crippen molar-refractivity contribution < 1.29 is 4.74 Å². The molecule has 2 N–H and O–H groups in total. The van der Waals surface area contributed by atoms with Gasteiger partial charge in [0.15, 0.2) is 0 Å². The second kappa shape index (κ2) is 2.55. The van der Waals surface area contributed by atoms with Gasteiger partial charge < -0.3 is 20.4 Å². The van der Waals surface area contributed by atoms with E-state index in [1.54, 1.807) is 12.1 Å². The Bertz CT molecular complexity index is 450. The summed E-state index contributed by atoms with van der Waals surface area (Å²) in [6, 6.07) is 3.28. The molecular formula is C8H8N3O2-. The van der Waals surface area contributed by atoms with Gasteiger partial charge in [-0.05, 0) is 12.1 Å². The average molecular weight is 178 g/mol. The molecule has 0 atom stereocenters. The van der Waals surface area contributed by atoms with Crippen LogP contribution >= 0.6 is 0 Å². The molecule has 0 saturated carbocycles. The number of aromatic nitrogens is 2. The smallest absolute Gasteiger partial charge is 0.144 e. The van der Waals surface area contributed by atoms with Crippen LogP contribution in [-0.4, -0.2) is 16.8 Å². The van der Waals surface area contributed by atoms with Crippen molar-refractivity contribution in [2.24, 2.45) is 0 Å². The van der Waals surface area contributed by atoms with Crippen LogP contribution in [0, 0.1) is 5.21 Å². The van der Waals surface area contributed by atoms with Gasteiger partial charge in [0.05, 0.1) is 19.0 Å². The second-order valence-electron chi connectivity index (χ2n) is 2.62. The van der Waals surface area contributed by atoms with E-state index in [1.807, 2.05) is 0 Å². The molecule has 1 aromatic carbocycles. The predicted molar refractivity (Wildman–Crippen MR) is 49.5 cm³/mol. The van der Waals surface area contributed by atoms with Gasteiger partial charge in [-0.2, -0.15) is 0 Å². The topological polar surface area (TPSA) is 76.1 Å². The van der Waals surface area contributed by atoms with E-state index in [4.69, 9.17) is 10.5 Å². The molecular weight excluding hydrogens is 170 g/mol.